The van der Waals surface area contributed by atoms with Crippen molar-refractivity contribution in [3.63, 3.8) is 0 Å². The van der Waals surface area contributed by atoms with Gasteiger partial charge in [0.05, 0.1) is 6.54 Å². The van der Waals surface area contributed by atoms with Crippen molar-refractivity contribution in [3.8, 4) is 11.5 Å². The Bertz CT molecular complexity index is 435. The van der Waals surface area contributed by atoms with E-state index in [1.54, 1.807) is 11.0 Å². The Hall–Kier alpha value is -1.79. The number of nitrogens with zero attached hydrogens (tertiary/aromatic N) is 2. The highest BCUT2D eigenvalue weighted by Gasteiger charge is 2.13. The predicted octanol–water partition coefficient (Wildman–Crippen LogP) is 0.546. The molecule has 3 N–H and O–H groups in total. The molecule has 1 rings (SSSR count). The molecular weight excluding hydrogens is 248 g/mol. The molecule has 0 aromatic heterocycles. The van der Waals surface area contributed by atoms with Gasteiger partial charge in [0, 0.05) is 31.3 Å². The van der Waals surface area contributed by atoms with E-state index in [1.807, 2.05) is 19.0 Å². The van der Waals surface area contributed by atoms with Crippen LogP contribution in [0.4, 0.5) is 0 Å². The van der Waals surface area contributed by atoms with Crippen molar-refractivity contribution in [1.82, 2.24) is 9.80 Å². The van der Waals surface area contributed by atoms with Gasteiger partial charge in [0.1, 0.15) is 11.5 Å². The largest absolute Gasteiger partial charge is 0.508 e. The second-order valence-corrected chi connectivity index (χ2v) is 4.72. The number of likely N-dealkylation sites (N-methyl/N-ethyl adjacent to an activating group) is 1. The van der Waals surface area contributed by atoms with Crippen LogP contribution in [0.25, 0.3) is 0 Å². The number of carboxylic acids is 1. The summed E-state index contributed by atoms with van der Waals surface area (Å²) >= 11 is 0. The highest BCUT2D eigenvalue weighted by Crippen LogP contribution is 2.23. The first-order valence-corrected chi connectivity index (χ1v) is 5.98. The Labute approximate surface area is 112 Å². The zero-order valence-corrected chi connectivity index (χ0v) is 11.2. The number of aliphatic carboxylic acids is 1. The van der Waals surface area contributed by atoms with Gasteiger partial charge in [-0.3, -0.25) is 9.69 Å². The van der Waals surface area contributed by atoms with Crippen LogP contribution in [-0.4, -0.2) is 64.8 Å². The molecule has 0 radical (unpaired) electrons. The van der Waals surface area contributed by atoms with Crippen LogP contribution in [-0.2, 0) is 11.3 Å². The molecule has 1 aromatic rings. The molecule has 0 spiro atoms. The molecule has 0 saturated heterocycles. The van der Waals surface area contributed by atoms with Gasteiger partial charge in [-0.2, -0.15) is 0 Å². The van der Waals surface area contributed by atoms with Gasteiger partial charge in [-0.05, 0) is 20.2 Å². The molecule has 0 atom stereocenters. The summed E-state index contributed by atoms with van der Waals surface area (Å²) in [7, 11) is 3.83. The number of hydrogen-bond donors (Lipinski definition) is 3. The molecule has 1 aromatic carbocycles. The molecule has 0 fully saturated rings. The van der Waals surface area contributed by atoms with Crippen molar-refractivity contribution in [3.05, 3.63) is 23.8 Å². The molecule has 6 nitrogen and oxygen atoms in total. The molecule has 0 saturated carbocycles. The standard InChI is InChI=1S/C13H20N2O4/c1-14(2)5-6-15(9-13(18)19)8-10-3-4-11(16)7-12(10)17/h3-4,7,16-17H,5-6,8-9H2,1-2H3,(H,18,19). The Balaban J connectivity index is 2.72. The maximum Gasteiger partial charge on any atom is 0.317 e. The van der Waals surface area contributed by atoms with Crippen molar-refractivity contribution < 1.29 is 20.1 Å². The van der Waals surface area contributed by atoms with Crippen LogP contribution >= 0.6 is 0 Å². The molecule has 6 heteroatoms. The van der Waals surface area contributed by atoms with E-state index in [4.69, 9.17) is 5.11 Å². The fraction of sp³-hybridized carbons (Fsp3) is 0.462. The third-order valence-electron chi connectivity index (χ3n) is 2.69. The lowest BCUT2D eigenvalue weighted by Crippen LogP contribution is -2.35. The summed E-state index contributed by atoms with van der Waals surface area (Å²) in [5, 5.41) is 27.8. The van der Waals surface area contributed by atoms with E-state index in [9.17, 15) is 15.0 Å². The van der Waals surface area contributed by atoms with Crippen LogP contribution < -0.4 is 0 Å². The maximum atomic E-state index is 10.8. The minimum Gasteiger partial charge on any atom is -0.508 e. The molecule has 0 aliphatic heterocycles. The van der Waals surface area contributed by atoms with Gasteiger partial charge in [0.15, 0.2) is 0 Å². The van der Waals surface area contributed by atoms with E-state index >= 15 is 0 Å². The van der Waals surface area contributed by atoms with E-state index in [0.29, 0.717) is 18.7 Å². The summed E-state index contributed by atoms with van der Waals surface area (Å²) in [5.41, 5.74) is 0.595. The highest BCUT2D eigenvalue weighted by atomic mass is 16.4. The van der Waals surface area contributed by atoms with Crippen molar-refractivity contribution in [2.75, 3.05) is 33.7 Å². The van der Waals surface area contributed by atoms with E-state index in [0.717, 1.165) is 6.54 Å². The smallest absolute Gasteiger partial charge is 0.317 e. The fourth-order valence-corrected chi connectivity index (χ4v) is 1.67. The predicted molar refractivity (Wildman–Crippen MR) is 71.2 cm³/mol. The summed E-state index contributed by atoms with van der Waals surface area (Å²) in [5.74, 6) is -0.948. The zero-order valence-electron chi connectivity index (χ0n) is 11.2. The normalized spacial score (nSPS) is 11.2. The summed E-state index contributed by atoms with van der Waals surface area (Å²) < 4.78 is 0. The molecule has 19 heavy (non-hydrogen) atoms. The van der Waals surface area contributed by atoms with Crippen LogP contribution in [0, 0.1) is 0 Å². The first kappa shape index (κ1) is 15.3. The second kappa shape index (κ2) is 6.96. The van der Waals surface area contributed by atoms with Gasteiger partial charge < -0.3 is 20.2 Å². The van der Waals surface area contributed by atoms with Crippen LogP contribution in [0.15, 0.2) is 18.2 Å². The quantitative estimate of drug-likeness (QED) is 0.669. The van der Waals surface area contributed by atoms with Gasteiger partial charge in [-0.1, -0.05) is 6.07 Å². The van der Waals surface area contributed by atoms with E-state index in [-0.39, 0.29) is 18.0 Å². The Morgan fingerprint density at radius 2 is 1.89 bits per heavy atom. The number of benzene rings is 1. The fourth-order valence-electron chi connectivity index (χ4n) is 1.67. The molecular formula is C13H20N2O4. The van der Waals surface area contributed by atoms with Crippen molar-refractivity contribution >= 4 is 5.97 Å². The SMILES string of the molecule is CN(C)CCN(CC(=O)O)Cc1ccc(O)cc1O. The molecule has 0 bridgehead atoms. The van der Waals surface area contributed by atoms with E-state index in [2.05, 4.69) is 0 Å². The van der Waals surface area contributed by atoms with Crippen molar-refractivity contribution in [2.24, 2.45) is 0 Å². The minimum atomic E-state index is -0.906. The highest BCUT2D eigenvalue weighted by molar-refractivity contribution is 5.69. The lowest BCUT2D eigenvalue weighted by molar-refractivity contribution is -0.138. The third-order valence-corrected chi connectivity index (χ3v) is 2.69. The lowest BCUT2D eigenvalue weighted by Gasteiger charge is -2.22. The summed E-state index contributed by atoms with van der Waals surface area (Å²) in [4.78, 5) is 14.5. The number of phenolic OH excluding ortho intramolecular Hbond substituents is 2. The van der Waals surface area contributed by atoms with Crippen LogP contribution in [0.3, 0.4) is 0 Å². The monoisotopic (exact) mass is 268 g/mol. The van der Waals surface area contributed by atoms with Gasteiger partial charge in [0.25, 0.3) is 0 Å². The van der Waals surface area contributed by atoms with Gasteiger partial charge in [0.2, 0.25) is 0 Å². The summed E-state index contributed by atoms with van der Waals surface area (Å²) in [6, 6.07) is 4.31. The molecule has 0 aliphatic carbocycles. The lowest BCUT2D eigenvalue weighted by atomic mass is 10.1. The number of aromatic hydroxyl groups is 2. The van der Waals surface area contributed by atoms with E-state index in [1.165, 1.54) is 12.1 Å². The first-order valence-electron chi connectivity index (χ1n) is 5.98. The minimum absolute atomic E-state index is 0.0145. The number of rotatable bonds is 7. The summed E-state index contributed by atoms with van der Waals surface area (Å²) in [6.45, 7) is 1.55. The van der Waals surface area contributed by atoms with Crippen molar-refractivity contribution in [2.45, 2.75) is 6.54 Å². The number of hydrogen-bond acceptors (Lipinski definition) is 5. The molecule has 0 heterocycles. The Kier molecular flexibility index (Phi) is 5.59. The third kappa shape index (κ3) is 5.58. The average Bonchev–Trinajstić information content (AvgIpc) is 2.28. The topological polar surface area (TPSA) is 84.2 Å². The van der Waals surface area contributed by atoms with Gasteiger partial charge >= 0.3 is 5.97 Å². The van der Waals surface area contributed by atoms with Crippen LogP contribution in [0.5, 0.6) is 11.5 Å². The Morgan fingerprint density at radius 3 is 2.42 bits per heavy atom. The van der Waals surface area contributed by atoms with E-state index < -0.39 is 5.97 Å². The first-order chi connectivity index (χ1) is 8.88. The van der Waals surface area contributed by atoms with Crippen LogP contribution in [0.1, 0.15) is 5.56 Å². The second-order valence-electron chi connectivity index (χ2n) is 4.72. The number of carbonyl (C=O) groups is 1. The Morgan fingerprint density at radius 1 is 1.21 bits per heavy atom. The maximum absolute atomic E-state index is 10.8. The average molecular weight is 268 g/mol. The summed E-state index contributed by atoms with van der Waals surface area (Å²) in [6.07, 6.45) is 0. The molecule has 0 unspecified atom stereocenters. The zero-order chi connectivity index (χ0) is 14.4. The van der Waals surface area contributed by atoms with Gasteiger partial charge in [-0.15, -0.1) is 0 Å². The molecule has 0 aliphatic rings. The number of phenols is 2. The van der Waals surface area contributed by atoms with Gasteiger partial charge in [-0.25, -0.2) is 0 Å². The van der Waals surface area contributed by atoms with Crippen LogP contribution in [0.2, 0.25) is 0 Å². The number of carboxylic acid groups (broad SMARTS) is 1. The van der Waals surface area contributed by atoms with Crippen molar-refractivity contribution in [1.29, 1.82) is 0 Å². The molecule has 0 amide bonds. The molecule has 106 valence electrons.